The van der Waals surface area contributed by atoms with Crippen molar-refractivity contribution >= 4 is 43.4 Å². The summed E-state index contributed by atoms with van der Waals surface area (Å²) in [5.41, 5.74) is -1.54. The molecule has 0 fully saturated rings. The molecule has 0 bridgehead atoms. The van der Waals surface area contributed by atoms with Crippen molar-refractivity contribution in [1.29, 1.82) is 5.26 Å². The molecule has 24 heavy (non-hydrogen) atoms. The predicted octanol–water partition coefficient (Wildman–Crippen LogP) is 1.30. The van der Waals surface area contributed by atoms with Gasteiger partial charge in [-0.05, 0) is 28.1 Å². The lowest BCUT2D eigenvalue weighted by Gasteiger charge is -2.09. The molecule has 2 aromatic rings. The molecule has 2 rings (SSSR count). The molecule has 1 aromatic carbocycles. The number of anilines is 2. The van der Waals surface area contributed by atoms with Crippen molar-refractivity contribution in [3.8, 4) is 6.07 Å². The van der Waals surface area contributed by atoms with Gasteiger partial charge in [-0.1, -0.05) is 12.1 Å². The number of amides is 2. The van der Waals surface area contributed by atoms with Crippen LogP contribution in [0.1, 0.15) is 5.69 Å². The smallest absolute Gasteiger partial charge is 0.323 e. The van der Waals surface area contributed by atoms with Crippen LogP contribution in [0.3, 0.4) is 0 Å². The van der Waals surface area contributed by atoms with Gasteiger partial charge in [-0.15, -0.1) is 0 Å². The monoisotopic (exact) mass is 411 g/mol. The van der Waals surface area contributed by atoms with Crippen molar-refractivity contribution in [3.05, 3.63) is 50.9 Å². The molecule has 5 N–H and O–H groups in total. The number of hydrogen-bond donors (Lipinski definition) is 4. The van der Waals surface area contributed by atoms with Crippen molar-refractivity contribution in [2.24, 2.45) is 5.14 Å². The molecule has 0 aliphatic carbocycles. The van der Waals surface area contributed by atoms with Gasteiger partial charge in [-0.3, -0.25) is 4.79 Å². The molecule has 124 valence electrons. The highest BCUT2D eigenvalue weighted by Crippen LogP contribution is 2.21. The maximum Gasteiger partial charge on any atom is 0.323 e. The molecular weight excluding hydrogens is 402 g/mol. The molecule has 2 amide bonds. The van der Waals surface area contributed by atoms with Crippen LogP contribution in [0.4, 0.5) is 16.2 Å². The maximum absolute atomic E-state index is 12.2. The number of nitrogens with one attached hydrogen (secondary N) is 3. The molecular formula is C13H10BrN5O4S. The molecule has 9 nitrogen and oxygen atoms in total. The number of halogens is 1. The Bertz CT molecular complexity index is 1010. The number of para-hydroxylation sites is 1. The highest BCUT2D eigenvalue weighted by atomic mass is 79.9. The molecule has 11 heteroatoms. The van der Waals surface area contributed by atoms with E-state index in [1.807, 2.05) is 0 Å². The number of primary sulfonamides is 1. The van der Waals surface area contributed by atoms with Crippen molar-refractivity contribution < 1.29 is 13.2 Å². The number of nitriles is 1. The first-order chi connectivity index (χ1) is 11.2. The van der Waals surface area contributed by atoms with E-state index in [2.05, 4.69) is 31.5 Å². The molecule has 1 aromatic heterocycles. The van der Waals surface area contributed by atoms with E-state index in [1.54, 1.807) is 24.3 Å². The lowest BCUT2D eigenvalue weighted by atomic mass is 10.3. The highest BCUT2D eigenvalue weighted by Gasteiger charge is 2.22. The van der Waals surface area contributed by atoms with Gasteiger partial charge in [0.25, 0.3) is 0 Å². The molecule has 1 heterocycles. The molecule has 0 radical (unpaired) electrons. The summed E-state index contributed by atoms with van der Waals surface area (Å²) in [5, 5.41) is 18.5. The molecule has 0 aliphatic heterocycles. The highest BCUT2D eigenvalue weighted by molar-refractivity contribution is 9.10. The predicted molar refractivity (Wildman–Crippen MR) is 89.9 cm³/mol. The standard InChI is InChI=1S/C13H10BrN5O4S/c14-7-3-1-2-4-8(7)18-13(21)19-10-6-17-9(5-15)12(11(10)20)24(16,22)23/h1-4,6H,(H,17,20)(H2,16,22,23)(H2,18,19,21). The third-order valence-electron chi connectivity index (χ3n) is 2.81. The van der Waals surface area contributed by atoms with E-state index >= 15 is 0 Å². The van der Waals surface area contributed by atoms with Gasteiger partial charge < -0.3 is 15.6 Å². The van der Waals surface area contributed by atoms with Crippen LogP contribution in [-0.4, -0.2) is 19.4 Å². The van der Waals surface area contributed by atoms with E-state index in [-0.39, 0.29) is 5.69 Å². The zero-order valence-corrected chi connectivity index (χ0v) is 14.2. The Morgan fingerprint density at radius 1 is 1.25 bits per heavy atom. The number of urea groups is 1. The number of aromatic nitrogens is 1. The van der Waals surface area contributed by atoms with E-state index in [4.69, 9.17) is 10.4 Å². The first-order valence-electron chi connectivity index (χ1n) is 6.25. The maximum atomic E-state index is 12.2. The number of benzene rings is 1. The minimum atomic E-state index is -4.45. The van der Waals surface area contributed by atoms with E-state index in [0.29, 0.717) is 10.2 Å². The van der Waals surface area contributed by atoms with Gasteiger partial charge >= 0.3 is 6.03 Å². The second-order valence-corrected chi connectivity index (χ2v) is 6.80. The van der Waals surface area contributed by atoms with E-state index in [1.165, 1.54) is 6.07 Å². The third kappa shape index (κ3) is 3.80. The number of aromatic amines is 1. The van der Waals surface area contributed by atoms with Gasteiger partial charge in [-0.2, -0.15) is 5.26 Å². The Morgan fingerprint density at radius 3 is 2.46 bits per heavy atom. The number of hydrogen-bond acceptors (Lipinski definition) is 5. The number of nitrogens with two attached hydrogens (primary N) is 1. The van der Waals surface area contributed by atoms with Crippen LogP contribution in [0.5, 0.6) is 0 Å². The summed E-state index contributed by atoms with van der Waals surface area (Å²) in [6.07, 6.45) is 1.01. The second-order valence-electron chi connectivity index (χ2n) is 4.45. The van der Waals surface area contributed by atoms with Crippen molar-refractivity contribution in [1.82, 2.24) is 4.98 Å². The van der Waals surface area contributed by atoms with Crippen LogP contribution in [0.25, 0.3) is 0 Å². The fourth-order valence-electron chi connectivity index (χ4n) is 1.80. The summed E-state index contributed by atoms with van der Waals surface area (Å²) in [6.45, 7) is 0. The lowest BCUT2D eigenvalue weighted by molar-refractivity contribution is 0.262. The quantitative estimate of drug-likeness (QED) is 0.597. The largest absolute Gasteiger partial charge is 0.350 e. The Kier molecular flexibility index (Phi) is 5.03. The second kappa shape index (κ2) is 6.83. The normalized spacial score (nSPS) is 10.7. The minimum Gasteiger partial charge on any atom is -0.350 e. The summed E-state index contributed by atoms with van der Waals surface area (Å²) in [5.74, 6) is 0. The molecule has 0 saturated heterocycles. The van der Waals surface area contributed by atoms with Crippen LogP contribution in [0, 0.1) is 11.3 Å². The summed E-state index contributed by atoms with van der Waals surface area (Å²) in [4.78, 5) is 25.5. The van der Waals surface area contributed by atoms with Gasteiger partial charge in [-0.25, -0.2) is 18.4 Å². The third-order valence-corrected chi connectivity index (χ3v) is 4.46. The van der Waals surface area contributed by atoms with Gasteiger partial charge in [0.1, 0.15) is 17.5 Å². The van der Waals surface area contributed by atoms with Crippen LogP contribution in [-0.2, 0) is 10.0 Å². The molecule has 0 unspecified atom stereocenters. The number of pyridine rings is 1. The van der Waals surface area contributed by atoms with Crippen molar-refractivity contribution in [2.75, 3.05) is 10.6 Å². The van der Waals surface area contributed by atoms with E-state index < -0.39 is 32.1 Å². The molecule has 0 atom stereocenters. The van der Waals surface area contributed by atoms with Crippen molar-refractivity contribution in [3.63, 3.8) is 0 Å². The topological polar surface area (TPSA) is 158 Å². The Morgan fingerprint density at radius 2 is 1.88 bits per heavy atom. The van der Waals surface area contributed by atoms with Gasteiger partial charge in [0.2, 0.25) is 15.5 Å². The molecule has 0 aliphatic rings. The Labute approximate surface area is 144 Å². The number of sulfonamides is 1. The van der Waals surface area contributed by atoms with Crippen LogP contribution in [0.15, 0.2) is 44.6 Å². The molecule has 0 spiro atoms. The first kappa shape index (κ1) is 17.7. The summed E-state index contributed by atoms with van der Waals surface area (Å²) < 4.78 is 23.6. The van der Waals surface area contributed by atoms with Gasteiger partial charge in [0, 0.05) is 10.7 Å². The van der Waals surface area contributed by atoms with Crippen molar-refractivity contribution in [2.45, 2.75) is 4.90 Å². The SMILES string of the molecule is N#Cc1[nH]cc(NC(=O)Nc2ccccc2Br)c(=O)c1S(N)(=O)=O. The average molecular weight is 412 g/mol. The van der Waals surface area contributed by atoms with E-state index in [9.17, 15) is 18.0 Å². The number of rotatable bonds is 3. The summed E-state index contributed by atoms with van der Waals surface area (Å²) >= 11 is 3.24. The summed E-state index contributed by atoms with van der Waals surface area (Å²) in [6, 6.07) is 7.49. The minimum absolute atomic E-state index is 0.373. The number of carbonyl (C=O) groups excluding carboxylic acids is 1. The zero-order valence-electron chi connectivity index (χ0n) is 11.8. The Hall–Kier alpha value is -2.68. The Balaban J connectivity index is 2.35. The summed E-state index contributed by atoms with van der Waals surface area (Å²) in [7, 11) is -4.45. The number of carbonyl (C=O) groups is 1. The van der Waals surface area contributed by atoms with Crippen LogP contribution in [0.2, 0.25) is 0 Å². The fourth-order valence-corrected chi connectivity index (χ4v) is 2.94. The van der Waals surface area contributed by atoms with E-state index in [0.717, 1.165) is 6.20 Å². The fraction of sp³-hybridized carbons (Fsp3) is 0. The number of nitrogens with zero attached hydrogens (tertiary/aromatic N) is 1. The first-order valence-corrected chi connectivity index (χ1v) is 8.59. The van der Waals surface area contributed by atoms with Crippen LogP contribution >= 0.6 is 15.9 Å². The average Bonchev–Trinajstić information content (AvgIpc) is 2.50. The lowest BCUT2D eigenvalue weighted by Crippen LogP contribution is -2.29. The molecule has 0 saturated carbocycles. The zero-order chi connectivity index (χ0) is 17.9. The van der Waals surface area contributed by atoms with Gasteiger partial charge in [0.05, 0.1) is 5.69 Å². The van der Waals surface area contributed by atoms with Gasteiger partial charge in [0.15, 0.2) is 4.90 Å². The number of H-pyrrole nitrogens is 1. The van der Waals surface area contributed by atoms with Crippen LogP contribution < -0.4 is 21.2 Å².